The topological polar surface area (TPSA) is 0 Å². The molecule has 0 aromatic heterocycles. The maximum absolute atomic E-state index is 6.44. The third-order valence-corrected chi connectivity index (χ3v) is 6.09. The Morgan fingerprint density at radius 1 is 1.25 bits per heavy atom. The van der Waals surface area contributed by atoms with Gasteiger partial charge in [-0.1, -0.05) is 44.9 Å². The average molecular weight is 207 g/mol. The van der Waals surface area contributed by atoms with E-state index in [1.54, 1.807) is 0 Å². The van der Waals surface area contributed by atoms with Crippen LogP contribution in [-0.4, -0.2) is 11.8 Å². The van der Waals surface area contributed by atoms with Crippen LogP contribution < -0.4 is 0 Å². The Morgan fingerprint density at radius 2 is 1.75 bits per heavy atom. The minimum atomic E-state index is -0.198. The number of halogens is 1. The van der Waals surface area contributed by atoms with Gasteiger partial charge < -0.3 is 0 Å². The maximum Gasteiger partial charge on any atom is -0.00604 e. The van der Waals surface area contributed by atoms with Gasteiger partial charge in [-0.15, -0.1) is 0 Å². The second-order valence-corrected chi connectivity index (χ2v) is 8.21. The molecule has 0 heterocycles. The van der Waals surface area contributed by atoms with Crippen molar-refractivity contribution in [3.05, 3.63) is 0 Å². The molecule has 1 saturated carbocycles. The summed E-state index contributed by atoms with van der Waals surface area (Å²) >= 11 is 6.44. The third-order valence-electron chi connectivity index (χ3n) is 2.35. The first kappa shape index (κ1) is 10.8. The standard InChI is InChI=1S/C10H20ClP/c1-10(2,3)8-12(11)9-6-4-5-7-9/h9H,4-8H2,1-3H3. The molecule has 0 N–H and O–H groups in total. The fraction of sp³-hybridized carbons (Fsp3) is 1.00. The van der Waals surface area contributed by atoms with Crippen molar-refractivity contribution in [2.24, 2.45) is 5.41 Å². The van der Waals surface area contributed by atoms with Crippen molar-refractivity contribution in [1.82, 2.24) is 0 Å². The molecule has 1 fully saturated rings. The van der Waals surface area contributed by atoms with Gasteiger partial charge in [0, 0.05) is 0 Å². The fourth-order valence-electron chi connectivity index (χ4n) is 1.77. The molecule has 72 valence electrons. The van der Waals surface area contributed by atoms with Crippen molar-refractivity contribution in [3.63, 3.8) is 0 Å². The van der Waals surface area contributed by atoms with Gasteiger partial charge in [0.05, 0.1) is 0 Å². The van der Waals surface area contributed by atoms with E-state index >= 15 is 0 Å². The van der Waals surface area contributed by atoms with E-state index in [0.29, 0.717) is 5.41 Å². The SMILES string of the molecule is CC(C)(C)CP(Cl)C1CCCC1. The van der Waals surface area contributed by atoms with Crippen molar-refractivity contribution in [1.29, 1.82) is 0 Å². The normalized spacial score (nSPS) is 23.0. The van der Waals surface area contributed by atoms with Crippen molar-refractivity contribution in [3.8, 4) is 0 Å². The van der Waals surface area contributed by atoms with Crippen LogP contribution in [0.2, 0.25) is 0 Å². The van der Waals surface area contributed by atoms with Gasteiger partial charge in [0.1, 0.15) is 0 Å². The van der Waals surface area contributed by atoms with E-state index in [1.807, 2.05) is 0 Å². The molecular weight excluding hydrogens is 187 g/mol. The highest BCUT2D eigenvalue weighted by molar-refractivity contribution is 7.84. The number of rotatable bonds is 2. The van der Waals surface area contributed by atoms with E-state index in [1.165, 1.54) is 31.8 Å². The minimum absolute atomic E-state index is 0.198. The highest BCUT2D eigenvalue weighted by Gasteiger charge is 2.26. The lowest BCUT2D eigenvalue weighted by Crippen LogP contribution is -2.12. The van der Waals surface area contributed by atoms with Crippen molar-refractivity contribution >= 4 is 18.5 Å². The second kappa shape index (κ2) is 4.29. The highest BCUT2D eigenvalue weighted by atomic mass is 35.7. The largest absolute Gasteiger partial charge is 0.0961 e. The molecule has 12 heavy (non-hydrogen) atoms. The molecule has 0 aromatic carbocycles. The van der Waals surface area contributed by atoms with Crippen LogP contribution in [0.25, 0.3) is 0 Å². The molecule has 0 aliphatic heterocycles. The van der Waals surface area contributed by atoms with Gasteiger partial charge in [-0.3, -0.25) is 0 Å². The van der Waals surface area contributed by atoms with E-state index in [2.05, 4.69) is 20.8 Å². The Morgan fingerprint density at radius 3 is 2.17 bits per heavy atom. The summed E-state index contributed by atoms with van der Waals surface area (Å²) < 4.78 is 0. The molecule has 0 spiro atoms. The lowest BCUT2D eigenvalue weighted by Gasteiger charge is -2.25. The Bertz CT molecular complexity index is 133. The van der Waals surface area contributed by atoms with Crippen LogP contribution in [0.3, 0.4) is 0 Å². The summed E-state index contributed by atoms with van der Waals surface area (Å²) in [5.41, 5.74) is 1.30. The van der Waals surface area contributed by atoms with Crippen LogP contribution in [0.4, 0.5) is 0 Å². The molecule has 0 nitrogen and oxygen atoms in total. The van der Waals surface area contributed by atoms with E-state index in [0.717, 1.165) is 5.66 Å². The van der Waals surface area contributed by atoms with Crippen molar-refractivity contribution < 1.29 is 0 Å². The van der Waals surface area contributed by atoms with Crippen LogP contribution in [0.5, 0.6) is 0 Å². The Labute approximate surface area is 82.6 Å². The molecule has 2 heteroatoms. The highest BCUT2D eigenvalue weighted by Crippen LogP contribution is 2.55. The van der Waals surface area contributed by atoms with Crippen LogP contribution in [0.1, 0.15) is 46.5 Å². The zero-order valence-corrected chi connectivity index (χ0v) is 10.1. The average Bonchev–Trinajstić information content (AvgIpc) is 2.32. The van der Waals surface area contributed by atoms with E-state index in [-0.39, 0.29) is 7.27 Å². The predicted octanol–water partition coefficient (Wildman–Crippen LogP) is 4.61. The van der Waals surface area contributed by atoms with Gasteiger partial charge in [0.2, 0.25) is 0 Å². The zero-order chi connectivity index (χ0) is 9.19. The van der Waals surface area contributed by atoms with E-state index in [9.17, 15) is 0 Å². The van der Waals surface area contributed by atoms with E-state index in [4.69, 9.17) is 11.2 Å². The quantitative estimate of drug-likeness (QED) is 0.579. The van der Waals surface area contributed by atoms with Gasteiger partial charge in [-0.05, 0) is 37.4 Å². The zero-order valence-electron chi connectivity index (χ0n) is 8.44. The minimum Gasteiger partial charge on any atom is -0.0961 e. The first-order chi connectivity index (χ1) is 5.49. The fourth-order valence-corrected chi connectivity index (χ4v) is 5.52. The molecule has 1 aliphatic carbocycles. The molecule has 0 radical (unpaired) electrons. The lowest BCUT2D eigenvalue weighted by molar-refractivity contribution is 0.477. The summed E-state index contributed by atoms with van der Waals surface area (Å²) in [6.07, 6.45) is 6.85. The van der Waals surface area contributed by atoms with Crippen LogP contribution in [0, 0.1) is 5.41 Å². The monoisotopic (exact) mass is 206 g/mol. The van der Waals surface area contributed by atoms with Crippen molar-refractivity contribution in [2.75, 3.05) is 6.16 Å². The summed E-state index contributed by atoms with van der Waals surface area (Å²) in [6.45, 7) is 6.87. The Kier molecular flexibility index (Phi) is 3.86. The molecule has 0 saturated heterocycles. The maximum atomic E-state index is 6.44. The second-order valence-electron chi connectivity index (χ2n) is 5.06. The van der Waals surface area contributed by atoms with Crippen LogP contribution in [0.15, 0.2) is 0 Å². The first-order valence-electron chi connectivity index (χ1n) is 4.91. The van der Waals surface area contributed by atoms with Gasteiger partial charge in [0.15, 0.2) is 0 Å². The summed E-state index contributed by atoms with van der Waals surface area (Å²) in [6, 6.07) is 0. The van der Waals surface area contributed by atoms with Crippen LogP contribution in [-0.2, 0) is 0 Å². The lowest BCUT2D eigenvalue weighted by atomic mass is 10.0. The summed E-state index contributed by atoms with van der Waals surface area (Å²) in [7, 11) is -0.198. The van der Waals surface area contributed by atoms with Gasteiger partial charge in [-0.2, -0.15) is 0 Å². The van der Waals surface area contributed by atoms with Gasteiger partial charge in [-0.25, -0.2) is 0 Å². The van der Waals surface area contributed by atoms with E-state index < -0.39 is 0 Å². The summed E-state index contributed by atoms with van der Waals surface area (Å²) in [5.74, 6) is 0. The van der Waals surface area contributed by atoms with Gasteiger partial charge >= 0.3 is 0 Å². The van der Waals surface area contributed by atoms with Gasteiger partial charge in [0.25, 0.3) is 0 Å². The Hall–Kier alpha value is 0.720. The number of hydrogen-bond acceptors (Lipinski definition) is 0. The molecule has 1 unspecified atom stereocenters. The molecular formula is C10H20ClP. The third kappa shape index (κ3) is 3.62. The molecule has 0 bridgehead atoms. The summed E-state index contributed by atoms with van der Waals surface area (Å²) in [5, 5.41) is 0. The van der Waals surface area contributed by atoms with Crippen LogP contribution >= 0.6 is 18.5 Å². The molecule has 0 amide bonds. The smallest absolute Gasteiger partial charge is 0.00604 e. The Balaban J connectivity index is 2.31. The number of hydrogen-bond donors (Lipinski definition) is 0. The summed E-state index contributed by atoms with van der Waals surface area (Å²) in [4.78, 5) is 0. The first-order valence-corrected chi connectivity index (χ1v) is 7.41. The predicted molar refractivity (Wildman–Crippen MR) is 59.4 cm³/mol. The van der Waals surface area contributed by atoms with Crippen molar-refractivity contribution in [2.45, 2.75) is 52.1 Å². The molecule has 1 rings (SSSR count). The molecule has 1 aliphatic rings. The molecule has 0 aromatic rings. The molecule has 1 atom stereocenters.